The lowest BCUT2D eigenvalue weighted by Crippen LogP contribution is -1.95. The van der Waals surface area contributed by atoms with Gasteiger partial charge < -0.3 is 9.88 Å². The first-order valence-electron chi connectivity index (χ1n) is 7.11. The number of nitrogens with one attached hydrogen (secondary N) is 1. The Morgan fingerprint density at radius 3 is 2.68 bits per heavy atom. The van der Waals surface area contributed by atoms with Crippen LogP contribution in [0.25, 0.3) is 33.2 Å². The molecule has 5 heteroatoms. The highest BCUT2D eigenvalue weighted by atomic mass is 15.0. The van der Waals surface area contributed by atoms with E-state index < -0.39 is 0 Å². The van der Waals surface area contributed by atoms with Gasteiger partial charge in [-0.3, -0.25) is 4.98 Å². The Hall–Kier alpha value is -2.95. The molecule has 3 aromatic heterocycles. The average Bonchev–Trinajstić information content (AvgIpc) is 2.96. The van der Waals surface area contributed by atoms with Crippen LogP contribution in [0.1, 0.15) is 0 Å². The van der Waals surface area contributed by atoms with Crippen molar-refractivity contribution >= 4 is 27.6 Å². The second kappa shape index (κ2) is 4.80. The van der Waals surface area contributed by atoms with Crippen LogP contribution in [0.2, 0.25) is 0 Å². The molecule has 0 unspecified atom stereocenters. The van der Waals surface area contributed by atoms with Gasteiger partial charge in [-0.25, -0.2) is 9.97 Å². The number of anilines is 1. The maximum absolute atomic E-state index is 4.80. The van der Waals surface area contributed by atoms with Crippen LogP contribution in [0.15, 0.2) is 49.1 Å². The molecule has 22 heavy (non-hydrogen) atoms. The molecule has 0 aliphatic carbocycles. The molecular formula is C17H15N5. The van der Waals surface area contributed by atoms with Crippen molar-refractivity contribution in [3.8, 4) is 11.3 Å². The van der Waals surface area contributed by atoms with Crippen molar-refractivity contribution < 1.29 is 0 Å². The maximum Gasteiger partial charge on any atom is 0.0999 e. The van der Waals surface area contributed by atoms with Crippen LogP contribution >= 0.6 is 0 Å². The van der Waals surface area contributed by atoms with Crippen LogP contribution in [0.5, 0.6) is 0 Å². The summed E-state index contributed by atoms with van der Waals surface area (Å²) in [5.74, 6) is 0. The normalized spacial score (nSPS) is 11.2. The van der Waals surface area contributed by atoms with Gasteiger partial charge in [0.2, 0.25) is 0 Å². The lowest BCUT2D eigenvalue weighted by atomic mass is 10.1. The molecular weight excluding hydrogens is 274 g/mol. The van der Waals surface area contributed by atoms with Crippen molar-refractivity contribution in [1.82, 2.24) is 19.5 Å². The Labute approximate surface area is 127 Å². The van der Waals surface area contributed by atoms with E-state index in [9.17, 15) is 0 Å². The third-order valence-corrected chi connectivity index (χ3v) is 3.91. The SMILES string of the molecule is CNc1cc(-c2ccncc2)nc2ccc3c(ncn3C)c12. The molecule has 5 nitrogen and oxygen atoms in total. The van der Waals surface area contributed by atoms with Gasteiger partial charge in [-0.1, -0.05) is 0 Å². The number of rotatable bonds is 2. The maximum atomic E-state index is 4.80. The predicted octanol–water partition coefficient (Wildman–Crippen LogP) is 3.23. The van der Waals surface area contributed by atoms with Crippen LogP contribution in [0, 0.1) is 0 Å². The first kappa shape index (κ1) is 12.8. The molecule has 0 saturated heterocycles. The molecule has 3 heterocycles. The van der Waals surface area contributed by atoms with Gasteiger partial charge in [-0.05, 0) is 30.3 Å². The molecule has 0 bridgehead atoms. The number of fused-ring (bicyclic) bond motifs is 3. The Morgan fingerprint density at radius 1 is 1.09 bits per heavy atom. The van der Waals surface area contributed by atoms with E-state index in [0.717, 1.165) is 38.9 Å². The third kappa shape index (κ3) is 1.83. The Balaban J connectivity index is 2.07. The van der Waals surface area contributed by atoms with Gasteiger partial charge in [-0.15, -0.1) is 0 Å². The fourth-order valence-corrected chi connectivity index (χ4v) is 2.79. The summed E-state index contributed by atoms with van der Waals surface area (Å²) in [4.78, 5) is 13.4. The van der Waals surface area contributed by atoms with E-state index in [1.807, 2.05) is 43.2 Å². The van der Waals surface area contributed by atoms with E-state index in [1.165, 1.54) is 0 Å². The highest BCUT2D eigenvalue weighted by Gasteiger charge is 2.12. The van der Waals surface area contributed by atoms with Crippen LogP contribution in [-0.2, 0) is 7.05 Å². The zero-order valence-corrected chi connectivity index (χ0v) is 12.4. The van der Waals surface area contributed by atoms with Crippen molar-refractivity contribution in [2.45, 2.75) is 0 Å². The molecule has 0 atom stereocenters. The Morgan fingerprint density at radius 2 is 1.91 bits per heavy atom. The zero-order chi connectivity index (χ0) is 15.1. The Bertz CT molecular complexity index is 973. The standard InChI is InChI=1S/C17H15N5/c1-18-14-9-13(11-5-7-19-8-6-11)21-12-3-4-15-17(16(12)14)20-10-22(15)2/h3-10H,1-2H3,(H,18,21). The second-order valence-corrected chi connectivity index (χ2v) is 5.22. The highest BCUT2D eigenvalue weighted by Crippen LogP contribution is 2.32. The number of benzene rings is 1. The van der Waals surface area contributed by atoms with E-state index >= 15 is 0 Å². The number of hydrogen-bond acceptors (Lipinski definition) is 4. The summed E-state index contributed by atoms with van der Waals surface area (Å²) < 4.78 is 2.02. The minimum atomic E-state index is 0.925. The smallest absolute Gasteiger partial charge is 0.0999 e. The number of imidazole rings is 1. The molecule has 0 saturated carbocycles. The summed E-state index contributed by atoms with van der Waals surface area (Å²) in [7, 11) is 3.92. The molecule has 4 aromatic rings. The summed E-state index contributed by atoms with van der Waals surface area (Å²) >= 11 is 0. The average molecular weight is 289 g/mol. The monoisotopic (exact) mass is 289 g/mol. The van der Waals surface area contributed by atoms with Gasteiger partial charge in [0.15, 0.2) is 0 Å². The summed E-state index contributed by atoms with van der Waals surface area (Å²) in [5.41, 5.74) is 6.01. The number of nitrogens with zero attached hydrogens (tertiary/aromatic N) is 4. The van der Waals surface area contributed by atoms with Gasteiger partial charge in [0.05, 0.1) is 34.0 Å². The van der Waals surface area contributed by atoms with Crippen molar-refractivity contribution in [2.24, 2.45) is 7.05 Å². The van der Waals surface area contributed by atoms with E-state index in [2.05, 4.69) is 27.4 Å². The molecule has 0 amide bonds. The van der Waals surface area contributed by atoms with Crippen molar-refractivity contribution in [3.63, 3.8) is 0 Å². The van der Waals surface area contributed by atoms with Crippen LogP contribution < -0.4 is 5.32 Å². The quantitative estimate of drug-likeness (QED) is 0.615. The Kier molecular flexibility index (Phi) is 2.79. The fourth-order valence-electron chi connectivity index (χ4n) is 2.79. The number of aryl methyl sites for hydroxylation is 1. The molecule has 0 radical (unpaired) electrons. The minimum absolute atomic E-state index is 0.925. The van der Waals surface area contributed by atoms with Crippen molar-refractivity contribution in [3.05, 3.63) is 49.1 Å². The molecule has 4 rings (SSSR count). The molecule has 1 aromatic carbocycles. The molecule has 0 spiro atoms. The van der Waals surface area contributed by atoms with E-state index in [-0.39, 0.29) is 0 Å². The number of aromatic nitrogens is 4. The highest BCUT2D eigenvalue weighted by molar-refractivity contribution is 6.10. The fraction of sp³-hybridized carbons (Fsp3) is 0.118. The second-order valence-electron chi connectivity index (χ2n) is 5.22. The van der Waals surface area contributed by atoms with Gasteiger partial charge in [0.1, 0.15) is 0 Å². The summed E-state index contributed by atoms with van der Waals surface area (Å²) in [6, 6.07) is 10.1. The number of pyridine rings is 2. The van der Waals surface area contributed by atoms with Gasteiger partial charge in [0, 0.05) is 37.7 Å². The first-order valence-corrected chi connectivity index (χ1v) is 7.11. The molecule has 108 valence electrons. The zero-order valence-electron chi connectivity index (χ0n) is 12.4. The molecule has 1 N–H and O–H groups in total. The lowest BCUT2D eigenvalue weighted by Gasteiger charge is -2.10. The summed E-state index contributed by atoms with van der Waals surface area (Å²) in [5, 5.41) is 4.33. The van der Waals surface area contributed by atoms with Crippen molar-refractivity contribution in [1.29, 1.82) is 0 Å². The molecule has 0 aliphatic rings. The van der Waals surface area contributed by atoms with Gasteiger partial charge in [0.25, 0.3) is 0 Å². The largest absolute Gasteiger partial charge is 0.387 e. The van der Waals surface area contributed by atoms with Crippen LogP contribution in [0.4, 0.5) is 5.69 Å². The van der Waals surface area contributed by atoms with Crippen LogP contribution in [0.3, 0.4) is 0 Å². The first-order chi connectivity index (χ1) is 10.8. The molecule has 0 fully saturated rings. The van der Waals surface area contributed by atoms with E-state index in [0.29, 0.717) is 0 Å². The number of hydrogen-bond donors (Lipinski definition) is 1. The van der Waals surface area contributed by atoms with E-state index in [4.69, 9.17) is 4.98 Å². The van der Waals surface area contributed by atoms with Gasteiger partial charge in [-0.2, -0.15) is 0 Å². The minimum Gasteiger partial charge on any atom is -0.387 e. The lowest BCUT2D eigenvalue weighted by molar-refractivity contribution is 0.948. The van der Waals surface area contributed by atoms with Crippen molar-refractivity contribution in [2.75, 3.05) is 12.4 Å². The van der Waals surface area contributed by atoms with E-state index in [1.54, 1.807) is 12.4 Å². The summed E-state index contributed by atoms with van der Waals surface area (Å²) in [6.45, 7) is 0. The van der Waals surface area contributed by atoms with Crippen LogP contribution in [-0.4, -0.2) is 26.6 Å². The predicted molar refractivity (Wildman–Crippen MR) is 88.8 cm³/mol. The van der Waals surface area contributed by atoms with Gasteiger partial charge >= 0.3 is 0 Å². The third-order valence-electron chi connectivity index (χ3n) is 3.91. The topological polar surface area (TPSA) is 55.6 Å². The summed E-state index contributed by atoms with van der Waals surface area (Å²) in [6.07, 6.45) is 5.39. The molecule has 0 aliphatic heterocycles.